The van der Waals surface area contributed by atoms with Crippen LogP contribution in [0.4, 0.5) is 0 Å². The lowest BCUT2D eigenvalue weighted by molar-refractivity contribution is -0.0692. The highest BCUT2D eigenvalue weighted by Gasteiger charge is 2.36. The zero-order valence-corrected chi connectivity index (χ0v) is 10.7. The third-order valence-electron chi connectivity index (χ3n) is 3.81. The fourth-order valence-electron chi connectivity index (χ4n) is 2.40. The fourth-order valence-corrected chi connectivity index (χ4v) is 2.40. The van der Waals surface area contributed by atoms with Crippen LogP contribution in [0.15, 0.2) is 30.3 Å². The Morgan fingerprint density at radius 3 is 2.59 bits per heavy atom. The second-order valence-corrected chi connectivity index (χ2v) is 5.01. The summed E-state index contributed by atoms with van der Waals surface area (Å²) in [4.78, 5) is 0. The number of hydrogen-bond acceptors (Lipinski definition) is 2. The summed E-state index contributed by atoms with van der Waals surface area (Å²) >= 11 is 0. The Morgan fingerprint density at radius 2 is 2.00 bits per heavy atom. The largest absolute Gasteiger partial charge is 0.377 e. The monoisotopic (exact) mass is 233 g/mol. The van der Waals surface area contributed by atoms with Gasteiger partial charge in [0.15, 0.2) is 0 Å². The molecule has 1 aliphatic rings. The van der Waals surface area contributed by atoms with E-state index in [1.807, 2.05) is 7.11 Å². The van der Waals surface area contributed by atoms with Crippen LogP contribution >= 0.6 is 0 Å². The number of rotatable bonds is 7. The van der Waals surface area contributed by atoms with E-state index in [9.17, 15) is 0 Å². The Morgan fingerprint density at radius 1 is 1.24 bits per heavy atom. The van der Waals surface area contributed by atoms with Gasteiger partial charge in [-0.15, -0.1) is 0 Å². The van der Waals surface area contributed by atoms with E-state index < -0.39 is 0 Å². The van der Waals surface area contributed by atoms with E-state index >= 15 is 0 Å². The van der Waals surface area contributed by atoms with Crippen molar-refractivity contribution in [1.29, 1.82) is 0 Å². The highest BCUT2D eigenvalue weighted by molar-refractivity contribution is 5.14. The third kappa shape index (κ3) is 3.55. The lowest BCUT2D eigenvalue weighted by Gasteiger charge is -2.40. The van der Waals surface area contributed by atoms with E-state index in [-0.39, 0.29) is 5.60 Å². The molecule has 1 fully saturated rings. The average Bonchev–Trinajstić information content (AvgIpc) is 2.33. The van der Waals surface area contributed by atoms with E-state index in [2.05, 4.69) is 35.6 Å². The second kappa shape index (κ2) is 6.18. The van der Waals surface area contributed by atoms with Gasteiger partial charge in [0, 0.05) is 13.7 Å². The summed E-state index contributed by atoms with van der Waals surface area (Å²) in [5.41, 5.74) is 1.59. The first-order valence-electron chi connectivity index (χ1n) is 6.64. The van der Waals surface area contributed by atoms with Crippen LogP contribution < -0.4 is 5.32 Å². The van der Waals surface area contributed by atoms with Crippen molar-refractivity contribution in [2.75, 3.05) is 20.2 Å². The predicted molar refractivity (Wildman–Crippen MR) is 71.2 cm³/mol. The van der Waals surface area contributed by atoms with Gasteiger partial charge in [-0.25, -0.2) is 0 Å². The number of methoxy groups -OCH3 is 1. The summed E-state index contributed by atoms with van der Waals surface area (Å²) < 4.78 is 5.58. The molecule has 0 aromatic heterocycles. The lowest BCUT2D eigenvalue weighted by Crippen LogP contribution is -2.48. The molecule has 17 heavy (non-hydrogen) atoms. The van der Waals surface area contributed by atoms with Gasteiger partial charge in [-0.3, -0.25) is 0 Å². The van der Waals surface area contributed by atoms with Gasteiger partial charge < -0.3 is 10.1 Å². The molecular formula is C15H23NO. The zero-order chi connectivity index (χ0) is 12.0. The minimum absolute atomic E-state index is 0.159. The van der Waals surface area contributed by atoms with Crippen LogP contribution in [0.1, 0.15) is 31.2 Å². The van der Waals surface area contributed by atoms with Crippen molar-refractivity contribution in [3.8, 4) is 0 Å². The molecule has 0 spiro atoms. The van der Waals surface area contributed by atoms with E-state index in [0.717, 1.165) is 19.5 Å². The van der Waals surface area contributed by atoms with Crippen molar-refractivity contribution in [1.82, 2.24) is 5.32 Å². The first-order valence-corrected chi connectivity index (χ1v) is 6.64. The maximum atomic E-state index is 5.58. The minimum Gasteiger partial charge on any atom is -0.377 e. The molecule has 0 bridgehead atoms. The fraction of sp³-hybridized carbons (Fsp3) is 0.600. The average molecular weight is 233 g/mol. The Bertz CT molecular complexity index is 313. The molecule has 2 rings (SSSR count). The highest BCUT2D eigenvalue weighted by Crippen LogP contribution is 2.34. The van der Waals surface area contributed by atoms with Crippen molar-refractivity contribution in [2.45, 2.75) is 37.7 Å². The quantitative estimate of drug-likeness (QED) is 0.731. The van der Waals surface area contributed by atoms with Crippen molar-refractivity contribution < 1.29 is 4.74 Å². The Balaban J connectivity index is 1.58. The number of aryl methyl sites for hydroxylation is 1. The Labute approximate surface area is 104 Å². The standard InChI is InChI=1S/C15H23NO/c1-17-15(10-6-11-15)13-16-12-5-9-14-7-3-2-4-8-14/h2-4,7-8,16H,5-6,9-13H2,1H3. The lowest BCUT2D eigenvalue weighted by atomic mass is 9.80. The number of ether oxygens (including phenoxy) is 1. The summed E-state index contributed by atoms with van der Waals surface area (Å²) in [6.07, 6.45) is 6.11. The van der Waals surface area contributed by atoms with Gasteiger partial charge in [0.25, 0.3) is 0 Å². The van der Waals surface area contributed by atoms with Crippen LogP contribution in [-0.2, 0) is 11.2 Å². The smallest absolute Gasteiger partial charge is 0.0802 e. The van der Waals surface area contributed by atoms with Gasteiger partial charge in [0.2, 0.25) is 0 Å². The van der Waals surface area contributed by atoms with Crippen molar-refractivity contribution >= 4 is 0 Å². The second-order valence-electron chi connectivity index (χ2n) is 5.01. The molecular weight excluding hydrogens is 210 g/mol. The van der Waals surface area contributed by atoms with Crippen LogP contribution in [0.2, 0.25) is 0 Å². The van der Waals surface area contributed by atoms with Crippen molar-refractivity contribution in [3.05, 3.63) is 35.9 Å². The van der Waals surface area contributed by atoms with Crippen LogP contribution in [0, 0.1) is 0 Å². The number of hydrogen-bond donors (Lipinski definition) is 1. The predicted octanol–water partition coefficient (Wildman–Crippen LogP) is 2.78. The molecule has 0 heterocycles. The number of benzene rings is 1. The van der Waals surface area contributed by atoms with E-state index in [4.69, 9.17) is 4.74 Å². The van der Waals surface area contributed by atoms with Gasteiger partial charge in [0.05, 0.1) is 5.60 Å². The molecule has 0 atom stereocenters. The summed E-state index contributed by atoms with van der Waals surface area (Å²) in [5, 5.41) is 3.52. The number of nitrogens with one attached hydrogen (secondary N) is 1. The molecule has 0 radical (unpaired) electrons. The summed E-state index contributed by atoms with van der Waals surface area (Å²) in [6.45, 7) is 2.10. The maximum absolute atomic E-state index is 5.58. The minimum atomic E-state index is 0.159. The molecule has 1 saturated carbocycles. The van der Waals surface area contributed by atoms with Crippen LogP contribution in [-0.4, -0.2) is 25.8 Å². The molecule has 2 heteroatoms. The molecule has 2 nitrogen and oxygen atoms in total. The molecule has 1 aliphatic carbocycles. The van der Waals surface area contributed by atoms with Gasteiger partial charge in [-0.2, -0.15) is 0 Å². The Hall–Kier alpha value is -0.860. The van der Waals surface area contributed by atoms with E-state index in [0.29, 0.717) is 0 Å². The van der Waals surface area contributed by atoms with Crippen LogP contribution in [0.25, 0.3) is 0 Å². The van der Waals surface area contributed by atoms with Gasteiger partial charge in [-0.05, 0) is 44.2 Å². The van der Waals surface area contributed by atoms with E-state index in [1.165, 1.54) is 31.2 Å². The first-order chi connectivity index (χ1) is 8.35. The Kier molecular flexibility index (Phi) is 4.57. The first kappa shape index (κ1) is 12.6. The molecule has 0 saturated heterocycles. The van der Waals surface area contributed by atoms with Crippen LogP contribution in [0.3, 0.4) is 0 Å². The third-order valence-corrected chi connectivity index (χ3v) is 3.81. The molecule has 1 aromatic carbocycles. The molecule has 1 aromatic rings. The van der Waals surface area contributed by atoms with Gasteiger partial charge >= 0.3 is 0 Å². The summed E-state index contributed by atoms with van der Waals surface area (Å²) in [5.74, 6) is 0. The molecule has 1 N–H and O–H groups in total. The molecule has 0 aliphatic heterocycles. The van der Waals surface area contributed by atoms with Crippen LogP contribution in [0.5, 0.6) is 0 Å². The zero-order valence-electron chi connectivity index (χ0n) is 10.7. The van der Waals surface area contributed by atoms with E-state index in [1.54, 1.807) is 0 Å². The highest BCUT2D eigenvalue weighted by atomic mass is 16.5. The molecule has 0 amide bonds. The van der Waals surface area contributed by atoms with Gasteiger partial charge in [0.1, 0.15) is 0 Å². The maximum Gasteiger partial charge on any atom is 0.0802 e. The van der Waals surface area contributed by atoms with Crippen molar-refractivity contribution in [3.63, 3.8) is 0 Å². The van der Waals surface area contributed by atoms with Gasteiger partial charge in [-0.1, -0.05) is 30.3 Å². The molecule has 0 unspecified atom stereocenters. The SMILES string of the molecule is COC1(CNCCCc2ccccc2)CCC1. The normalized spacial score (nSPS) is 17.7. The molecule has 94 valence electrons. The topological polar surface area (TPSA) is 21.3 Å². The van der Waals surface area contributed by atoms with Crippen molar-refractivity contribution in [2.24, 2.45) is 0 Å². The summed E-state index contributed by atoms with van der Waals surface area (Å²) in [6, 6.07) is 10.7. The summed E-state index contributed by atoms with van der Waals surface area (Å²) in [7, 11) is 1.84.